The van der Waals surface area contributed by atoms with Crippen LogP contribution < -0.4 is 5.32 Å². The summed E-state index contributed by atoms with van der Waals surface area (Å²) in [6.07, 6.45) is 0. The molecule has 0 saturated carbocycles. The average Bonchev–Trinajstić information content (AvgIpc) is 3.17. The van der Waals surface area contributed by atoms with Crippen LogP contribution >= 0.6 is 15.9 Å². The highest BCUT2D eigenvalue weighted by Crippen LogP contribution is 2.29. The number of hydrogen-bond donors (Lipinski definition) is 1. The lowest BCUT2D eigenvalue weighted by molar-refractivity contribution is 0.0940. The second-order valence-corrected chi connectivity index (χ2v) is 10.5. The van der Waals surface area contributed by atoms with Crippen LogP contribution in [-0.2, 0) is 6.54 Å². The van der Waals surface area contributed by atoms with Gasteiger partial charge in [0.15, 0.2) is 0 Å². The first-order valence-corrected chi connectivity index (χ1v) is 13.4. The fraction of sp³-hybridized carbons (Fsp3) is 0.152. The zero-order valence-electron chi connectivity index (χ0n) is 21.6. The number of benzene rings is 4. The Labute approximate surface area is 231 Å². The van der Waals surface area contributed by atoms with E-state index in [0.717, 1.165) is 38.6 Å². The quantitative estimate of drug-likeness (QED) is 0.227. The average molecular weight is 563 g/mol. The minimum absolute atomic E-state index is 0.0857. The maximum atomic E-state index is 13.1. The molecule has 5 rings (SSSR count). The third kappa shape index (κ3) is 5.01. The van der Waals surface area contributed by atoms with Crippen molar-refractivity contribution >= 4 is 32.7 Å². The summed E-state index contributed by atoms with van der Waals surface area (Å²) in [6.45, 7) is 6.96. The Hall–Kier alpha value is -4.14. The van der Waals surface area contributed by atoms with E-state index in [-0.39, 0.29) is 11.9 Å². The molecule has 5 heteroatoms. The summed E-state index contributed by atoms with van der Waals surface area (Å²) in [7, 11) is 0. The first-order chi connectivity index (χ1) is 18.4. The SMILES string of the molecule is Cc1c(C)n(Cc2ccc(-c3ccccc3C#N)cc2)c2ccc(C(=O)NC(C)c3cccc(Br)c3)cc12. The summed E-state index contributed by atoms with van der Waals surface area (Å²) in [5.41, 5.74) is 8.99. The highest BCUT2D eigenvalue weighted by Gasteiger charge is 2.16. The lowest BCUT2D eigenvalue weighted by Crippen LogP contribution is -2.26. The van der Waals surface area contributed by atoms with Crippen molar-refractivity contribution in [2.75, 3.05) is 0 Å². The Morgan fingerprint density at radius 1 is 0.974 bits per heavy atom. The highest BCUT2D eigenvalue weighted by atomic mass is 79.9. The molecule has 0 aliphatic rings. The number of aryl methyl sites for hydroxylation is 1. The number of carbonyl (C=O) groups excluding carboxylic acids is 1. The number of nitrogens with one attached hydrogen (secondary N) is 1. The van der Waals surface area contributed by atoms with Gasteiger partial charge < -0.3 is 9.88 Å². The largest absolute Gasteiger partial charge is 0.346 e. The molecule has 1 N–H and O–H groups in total. The number of halogens is 1. The molecule has 0 fully saturated rings. The van der Waals surface area contributed by atoms with Gasteiger partial charge in [-0.15, -0.1) is 0 Å². The zero-order chi connectivity index (χ0) is 26.8. The van der Waals surface area contributed by atoms with E-state index in [1.165, 1.54) is 16.8 Å². The van der Waals surface area contributed by atoms with Crippen LogP contribution in [0.3, 0.4) is 0 Å². The third-order valence-electron chi connectivity index (χ3n) is 7.25. The molecule has 4 aromatic carbocycles. The van der Waals surface area contributed by atoms with Crippen LogP contribution in [0, 0.1) is 25.2 Å². The van der Waals surface area contributed by atoms with Gasteiger partial charge in [-0.25, -0.2) is 0 Å². The van der Waals surface area contributed by atoms with Crippen LogP contribution in [0.2, 0.25) is 0 Å². The molecule has 1 atom stereocenters. The van der Waals surface area contributed by atoms with E-state index in [1.807, 2.05) is 73.7 Å². The van der Waals surface area contributed by atoms with Gasteiger partial charge in [0.25, 0.3) is 5.91 Å². The molecular weight excluding hydrogens is 534 g/mol. The Morgan fingerprint density at radius 3 is 2.47 bits per heavy atom. The number of fused-ring (bicyclic) bond motifs is 1. The maximum Gasteiger partial charge on any atom is 0.251 e. The van der Waals surface area contributed by atoms with Crippen LogP contribution in [0.4, 0.5) is 0 Å². The second-order valence-electron chi connectivity index (χ2n) is 9.63. The second kappa shape index (κ2) is 10.7. The molecule has 38 heavy (non-hydrogen) atoms. The van der Waals surface area contributed by atoms with Crippen molar-refractivity contribution in [2.45, 2.75) is 33.4 Å². The Morgan fingerprint density at radius 2 is 1.74 bits per heavy atom. The van der Waals surface area contributed by atoms with Gasteiger partial charge in [-0.3, -0.25) is 4.79 Å². The summed E-state index contributed by atoms with van der Waals surface area (Å²) in [6, 6.07) is 32.2. The fourth-order valence-electron chi connectivity index (χ4n) is 4.94. The van der Waals surface area contributed by atoms with E-state index in [9.17, 15) is 10.1 Å². The van der Waals surface area contributed by atoms with E-state index in [1.54, 1.807) is 0 Å². The van der Waals surface area contributed by atoms with Gasteiger partial charge >= 0.3 is 0 Å². The number of carbonyl (C=O) groups is 1. The summed E-state index contributed by atoms with van der Waals surface area (Å²) < 4.78 is 3.29. The van der Waals surface area contributed by atoms with Crippen molar-refractivity contribution in [1.29, 1.82) is 5.26 Å². The normalized spacial score (nSPS) is 11.8. The van der Waals surface area contributed by atoms with Gasteiger partial charge in [-0.1, -0.05) is 70.5 Å². The summed E-state index contributed by atoms with van der Waals surface area (Å²) in [4.78, 5) is 13.1. The van der Waals surface area contributed by atoms with E-state index in [0.29, 0.717) is 11.1 Å². The molecule has 1 unspecified atom stereocenters. The van der Waals surface area contributed by atoms with E-state index >= 15 is 0 Å². The number of nitriles is 1. The Balaban J connectivity index is 1.39. The van der Waals surface area contributed by atoms with Crippen LogP contribution in [0.25, 0.3) is 22.0 Å². The van der Waals surface area contributed by atoms with Crippen molar-refractivity contribution in [3.63, 3.8) is 0 Å². The molecule has 4 nitrogen and oxygen atoms in total. The lowest BCUT2D eigenvalue weighted by Gasteiger charge is -2.15. The Kier molecular flexibility index (Phi) is 7.18. The molecule has 0 radical (unpaired) electrons. The van der Waals surface area contributed by atoms with Crippen LogP contribution in [0.1, 0.15) is 51.3 Å². The first kappa shape index (κ1) is 25.5. The summed E-state index contributed by atoms with van der Waals surface area (Å²) in [5.74, 6) is -0.0857. The van der Waals surface area contributed by atoms with Crippen LogP contribution in [0.5, 0.6) is 0 Å². The van der Waals surface area contributed by atoms with Gasteiger partial charge in [0, 0.05) is 33.2 Å². The van der Waals surface area contributed by atoms with Gasteiger partial charge in [-0.05, 0) is 85.0 Å². The fourth-order valence-corrected chi connectivity index (χ4v) is 5.36. The number of hydrogen-bond acceptors (Lipinski definition) is 2. The van der Waals surface area contributed by atoms with E-state index in [4.69, 9.17) is 0 Å². The maximum absolute atomic E-state index is 13.1. The molecule has 1 amide bonds. The molecule has 5 aromatic rings. The minimum atomic E-state index is -0.105. The topological polar surface area (TPSA) is 57.8 Å². The van der Waals surface area contributed by atoms with Gasteiger partial charge in [0.1, 0.15) is 0 Å². The molecule has 0 aliphatic carbocycles. The number of aromatic nitrogens is 1. The molecule has 1 heterocycles. The zero-order valence-corrected chi connectivity index (χ0v) is 23.2. The van der Waals surface area contributed by atoms with Crippen molar-refractivity contribution in [1.82, 2.24) is 9.88 Å². The molecule has 1 aromatic heterocycles. The molecule has 0 bridgehead atoms. The van der Waals surface area contributed by atoms with Crippen molar-refractivity contribution < 1.29 is 4.79 Å². The van der Waals surface area contributed by atoms with Crippen LogP contribution in [-0.4, -0.2) is 10.5 Å². The predicted octanol–water partition coefficient (Wildman–Crippen LogP) is 8.10. The van der Waals surface area contributed by atoms with E-state index in [2.05, 4.69) is 70.0 Å². The third-order valence-corrected chi connectivity index (χ3v) is 7.74. The van der Waals surface area contributed by atoms with Crippen LogP contribution in [0.15, 0.2) is 95.5 Å². The highest BCUT2D eigenvalue weighted by molar-refractivity contribution is 9.10. The summed E-state index contributed by atoms with van der Waals surface area (Å²) in [5, 5.41) is 13.7. The first-order valence-electron chi connectivity index (χ1n) is 12.6. The van der Waals surface area contributed by atoms with E-state index < -0.39 is 0 Å². The Bertz CT molecular complexity index is 1690. The number of amides is 1. The molecular formula is C33H28BrN3O. The van der Waals surface area contributed by atoms with Gasteiger partial charge in [0.05, 0.1) is 17.7 Å². The van der Waals surface area contributed by atoms with Crippen molar-refractivity contribution in [3.05, 3.63) is 129 Å². The number of rotatable bonds is 6. The molecule has 0 saturated heterocycles. The standard InChI is InChI=1S/C33H28BrN3O/c1-21-23(3)37(20-24-11-13-25(14-12-24)30-10-5-4-7-28(30)19-35)32-16-15-27(18-31(21)32)33(38)36-22(2)26-8-6-9-29(34)17-26/h4-18,22H,20H2,1-3H3,(H,36,38). The van der Waals surface area contributed by atoms with Gasteiger partial charge in [0.2, 0.25) is 0 Å². The minimum Gasteiger partial charge on any atom is -0.346 e. The smallest absolute Gasteiger partial charge is 0.251 e. The van der Waals surface area contributed by atoms with Gasteiger partial charge in [-0.2, -0.15) is 5.26 Å². The number of nitrogens with zero attached hydrogens (tertiary/aromatic N) is 2. The summed E-state index contributed by atoms with van der Waals surface area (Å²) >= 11 is 3.50. The molecule has 0 spiro atoms. The monoisotopic (exact) mass is 561 g/mol. The van der Waals surface area contributed by atoms with Crippen molar-refractivity contribution in [3.8, 4) is 17.2 Å². The molecule has 188 valence electrons. The molecule has 0 aliphatic heterocycles. The lowest BCUT2D eigenvalue weighted by atomic mass is 9.99. The predicted molar refractivity (Wildman–Crippen MR) is 157 cm³/mol. The van der Waals surface area contributed by atoms with Crippen molar-refractivity contribution in [2.24, 2.45) is 0 Å².